The summed E-state index contributed by atoms with van der Waals surface area (Å²) in [5.41, 5.74) is 2.20. The molecule has 1 heterocycles. The Kier molecular flexibility index (Phi) is 9.29. The maximum atomic E-state index is 12.4. The number of ether oxygens (including phenoxy) is 1. The molecule has 0 fully saturated rings. The molecule has 166 valence electrons. The van der Waals surface area contributed by atoms with Crippen LogP contribution in [-0.2, 0) is 0 Å². The van der Waals surface area contributed by atoms with Gasteiger partial charge in [-0.2, -0.15) is 0 Å². The number of carbonyl (C=O) groups excluding carboxylic acids is 2. The second-order valence-electron chi connectivity index (χ2n) is 7.20. The third-order valence-corrected chi connectivity index (χ3v) is 5.28. The molecule has 2 N–H and O–H groups in total. The summed E-state index contributed by atoms with van der Waals surface area (Å²) in [6.07, 6.45) is 0.936. The largest absolute Gasteiger partial charge is 0.497 e. The maximum Gasteiger partial charge on any atom is 0.261 e. The van der Waals surface area contributed by atoms with Crippen LogP contribution >= 0.6 is 24.0 Å². The van der Waals surface area contributed by atoms with Gasteiger partial charge in [-0.15, -0.1) is 24.0 Å². The first-order valence-electron chi connectivity index (χ1n) is 10.1. The predicted octanol–water partition coefficient (Wildman–Crippen LogP) is 3.27. The molecule has 0 aromatic heterocycles. The highest BCUT2D eigenvalue weighted by Gasteiger charge is 2.34. The van der Waals surface area contributed by atoms with Gasteiger partial charge in [-0.25, -0.2) is 0 Å². The first-order valence-corrected chi connectivity index (χ1v) is 10.1. The van der Waals surface area contributed by atoms with Gasteiger partial charge in [0.05, 0.1) is 18.2 Å². The number of imide groups is 1. The number of methoxy groups -OCH3 is 1. The highest BCUT2D eigenvalue weighted by molar-refractivity contribution is 14.0. The third kappa shape index (κ3) is 5.96. The number of carbonyl (C=O) groups is 2. The molecule has 8 heteroatoms. The standard InChI is InChI=1S/C23H28N4O3.HI/c1-16(17-8-10-18(30-3)11-9-17)12-13-25-23(24-2)26-14-15-27-21(28)19-6-4-5-7-20(19)22(27)29;/h4-11,16H,12-15H2,1-3H3,(H2,24,25,26);1H. The van der Waals surface area contributed by atoms with E-state index in [0.29, 0.717) is 29.5 Å². The van der Waals surface area contributed by atoms with E-state index in [9.17, 15) is 9.59 Å². The molecule has 1 aliphatic rings. The minimum absolute atomic E-state index is 0. The van der Waals surface area contributed by atoms with E-state index in [4.69, 9.17) is 4.74 Å². The zero-order valence-electron chi connectivity index (χ0n) is 18.1. The van der Waals surface area contributed by atoms with Gasteiger partial charge in [0.1, 0.15) is 5.75 Å². The van der Waals surface area contributed by atoms with Crippen LogP contribution in [0.3, 0.4) is 0 Å². The molecule has 1 atom stereocenters. The average molecular weight is 536 g/mol. The number of fused-ring (bicyclic) bond motifs is 1. The van der Waals surface area contributed by atoms with E-state index in [2.05, 4.69) is 34.7 Å². The number of hydrogen-bond acceptors (Lipinski definition) is 4. The van der Waals surface area contributed by atoms with Gasteiger partial charge in [-0.3, -0.25) is 19.5 Å². The van der Waals surface area contributed by atoms with E-state index in [0.717, 1.165) is 18.7 Å². The fourth-order valence-corrected chi connectivity index (χ4v) is 3.46. The number of hydrogen-bond donors (Lipinski definition) is 2. The van der Waals surface area contributed by atoms with Crippen molar-refractivity contribution in [2.45, 2.75) is 19.3 Å². The molecule has 0 saturated carbocycles. The Labute approximate surface area is 200 Å². The van der Waals surface area contributed by atoms with Crippen molar-refractivity contribution < 1.29 is 14.3 Å². The predicted molar refractivity (Wildman–Crippen MR) is 133 cm³/mol. The monoisotopic (exact) mass is 536 g/mol. The number of nitrogens with zero attached hydrogens (tertiary/aromatic N) is 2. The van der Waals surface area contributed by atoms with Crippen molar-refractivity contribution in [3.8, 4) is 5.75 Å². The first kappa shape index (κ1) is 24.6. The van der Waals surface area contributed by atoms with Crippen molar-refractivity contribution in [3.63, 3.8) is 0 Å². The quantitative estimate of drug-likeness (QED) is 0.234. The van der Waals surface area contributed by atoms with Gasteiger partial charge in [0.2, 0.25) is 0 Å². The fourth-order valence-electron chi connectivity index (χ4n) is 3.46. The second kappa shape index (κ2) is 11.7. The lowest BCUT2D eigenvalue weighted by molar-refractivity contribution is 0.0657. The summed E-state index contributed by atoms with van der Waals surface area (Å²) in [4.78, 5) is 30.3. The van der Waals surface area contributed by atoms with Crippen molar-refractivity contribution in [1.29, 1.82) is 0 Å². The Hall–Kier alpha value is -2.62. The van der Waals surface area contributed by atoms with Gasteiger partial charge in [0.25, 0.3) is 11.8 Å². The first-order chi connectivity index (χ1) is 14.5. The zero-order valence-corrected chi connectivity index (χ0v) is 20.4. The Morgan fingerprint density at radius 1 is 1.00 bits per heavy atom. The molecule has 0 aliphatic carbocycles. The Balaban J connectivity index is 0.00000341. The SMILES string of the molecule is CN=C(NCCC(C)c1ccc(OC)cc1)NCCN1C(=O)c2ccccc2C1=O.I. The Bertz CT molecular complexity index is 896. The molecule has 3 rings (SSSR count). The summed E-state index contributed by atoms with van der Waals surface area (Å²) >= 11 is 0. The third-order valence-electron chi connectivity index (χ3n) is 5.28. The molecule has 1 aliphatic heterocycles. The summed E-state index contributed by atoms with van der Waals surface area (Å²) < 4.78 is 5.20. The van der Waals surface area contributed by atoms with Crippen molar-refractivity contribution in [3.05, 3.63) is 65.2 Å². The fraction of sp³-hybridized carbons (Fsp3) is 0.348. The van der Waals surface area contributed by atoms with Gasteiger partial charge in [0.15, 0.2) is 5.96 Å². The van der Waals surface area contributed by atoms with E-state index < -0.39 is 0 Å². The number of benzene rings is 2. The minimum Gasteiger partial charge on any atom is -0.497 e. The van der Waals surface area contributed by atoms with E-state index >= 15 is 0 Å². The normalized spacial score (nSPS) is 14.0. The van der Waals surface area contributed by atoms with Gasteiger partial charge in [-0.1, -0.05) is 31.2 Å². The second-order valence-corrected chi connectivity index (χ2v) is 7.20. The number of aliphatic imine (C=N–C) groups is 1. The number of nitrogens with one attached hydrogen (secondary N) is 2. The van der Waals surface area contributed by atoms with Crippen molar-refractivity contribution in [2.75, 3.05) is 33.8 Å². The Morgan fingerprint density at radius 3 is 2.13 bits per heavy atom. The lowest BCUT2D eigenvalue weighted by Gasteiger charge is -2.17. The molecule has 2 aromatic rings. The molecular formula is C23H29IN4O3. The summed E-state index contributed by atoms with van der Waals surface area (Å²) in [5.74, 6) is 1.41. The average Bonchev–Trinajstić information content (AvgIpc) is 3.03. The van der Waals surface area contributed by atoms with E-state index in [1.54, 1.807) is 38.4 Å². The number of guanidine groups is 1. The van der Waals surface area contributed by atoms with Crippen LogP contribution in [0.5, 0.6) is 5.75 Å². The van der Waals surface area contributed by atoms with Gasteiger partial charge in [-0.05, 0) is 42.2 Å². The molecule has 31 heavy (non-hydrogen) atoms. The summed E-state index contributed by atoms with van der Waals surface area (Å²) in [5, 5.41) is 6.45. The number of amides is 2. The van der Waals surface area contributed by atoms with Crippen LogP contribution in [0.25, 0.3) is 0 Å². The summed E-state index contributed by atoms with van der Waals surface area (Å²) in [6, 6.07) is 15.0. The summed E-state index contributed by atoms with van der Waals surface area (Å²) in [7, 11) is 3.36. The van der Waals surface area contributed by atoms with Crippen molar-refractivity contribution in [1.82, 2.24) is 15.5 Å². The molecule has 0 radical (unpaired) electrons. The van der Waals surface area contributed by atoms with Crippen LogP contribution in [0.4, 0.5) is 0 Å². The molecule has 1 unspecified atom stereocenters. The van der Waals surface area contributed by atoms with Crippen LogP contribution in [-0.4, -0.2) is 56.5 Å². The highest BCUT2D eigenvalue weighted by atomic mass is 127. The van der Waals surface area contributed by atoms with E-state index in [1.807, 2.05) is 12.1 Å². The molecule has 2 aromatic carbocycles. The van der Waals surface area contributed by atoms with E-state index in [1.165, 1.54) is 10.5 Å². The van der Waals surface area contributed by atoms with Crippen molar-refractivity contribution >= 4 is 41.8 Å². The lowest BCUT2D eigenvalue weighted by Crippen LogP contribution is -2.43. The van der Waals surface area contributed by atoms with Gasteiger partial charge < -0.3 is 15.4 Å². The maximum absolute atomic E-state index is 12.4. The van der Waals surface area contributed by atoms with Crippen LogP contribution in [0, 0.1) is 0 Å². The Morgan fingerprint density at radius 2 is 1.58 bits per heavy atom. The van der Waals surface area contributed by atoms with Crippen LogP contribution in [0.1, 0.15) is 45.5 Å². The molecule has 2 amide bonds. The smallest absolute Gasteiger partial charge is 0.261 e. The summed E-state index contributed by atoms with van der Waals surface area (Å²) in [6.45, 7) is 3.65. The van der Waals surface area contributed by atoms with E-state index in [-0.39, 0.29) is 42.3 Å². The van der Waals surface area contributed by atoms with Gasteiger partial charge >= 0.3 is 0 Å². The van der Waals surface area contributed by atoms with Crippen LogP contribution < -0.4 is 15.4 Å². The van der Waals surface area contributed by atoms with Gasteiger partial charge in [0, 0.05) is 26.7 Å². The topological polar surface area (TPSA) is 83.0 Å². The minimum atomic E-state index is -0.242. The highest BCUT2D eigenvalue weighted by Crippen LogP contribution is 2.22. The van der Waals surface area contributed by atoms with Crippen LogP contribution in [0.2, 0.25) is 0 Å². The van der Waals surface area contributed by atoms with Crippen LogP contribution in [0.15, 0.2) is 53.5 Å². The zero-order chi connectivity index (χ0) is 21.5. The number of rotatable bonds is 8. The lowest BCUT2D eigenvalue weighted by atomic mass is 9.98. The number of halogens is 1. The van der Waals surface area contributed by atoms with Crippen molar-refractivity contribution in [2.24, 2.45) is 4.99 Å². The molecule has 0 spiro atoms. The molecule has 0 bridgehead atoms. The molecule has 0 saturated heterocycles. The molecule has 7 nitrogen and oxygen atoms in total. The molecular weight excluding hydrogens is 507 g/mol.